The molecule has 0 bridgehead atoms. The van der Waals surface area contributed by atoms with E-state index in [1.54, 1.807) is 34.6 Å². The van der Waals surface area contributed by atoms with Crippen molar-refractivity contribution in [2.45, 2.75) is 58.2 Å². The van der Waals surface area contributed by atoms with Crippen molar-refractivity contribution in [3.8, 4) is 6.07 Å². The predicted octanol–water partition coefficient (Wildman–Crippen LogP) is 4.20. The number of amides is 1. The van der Waals surface area contributed by atoms with Gasteiger partial charge in [-0.15, -0.1) is 0 Å². The third-order valence-electron chi connectivity index (χ3n) is 7.89. The van der Waals surface area contributed by atoms with Crippen LogP contribution in [-0.2, 0) is 4.74 Å². The van der Waals surface area contributed by atoms with E-state index >= 15 is 0 Å². The smallest absolute Gasteiger partial charge is 0.410 e. The predicted molar refractivity (Wildman–Crippen MR) is 150 cm³/mol. The largest absolute Gasteiger partial charge is 0.444 e. The summed E-state index contributed by atoms with van der Waals surface area (Å²) in [7, 11) is 0. The monoisotopic (exact) mass is 562 g/mol. The highest BCUT2D eigenvalue weighted by atomic mass is 35.5. The van der Waals surface area contributed by atoms with Crippen molar-refractivity contribution in [2.24, 2.45) is 17.8 Å². The van der Waals surface area contributed by atoms with E-state index in [0.717, 1.165) is 12.8 Å². The number of piperidine rings is 1. The van der Waals surface area contributed by atoms with E-state index < -0.39 is 5.60 Å². The lowest BCUT2D eigenvalue weighted by molar-refractivity contribution is 0.0266. The Bertz CT molecular complexity index is 1630. The molecule has 2 unspecified atom stereocenters. The van der Waals surface area contributed by atoms with Crippen LogP contribution >= 0.6 is 11.6 Å². The summed E-state index contributed by atoms with van der Waals surface area (Å²) in [6.07, 6.45) is 1.53. The van der Waals surface area contributed by atoms with Gasteiger partial charge in [0, 0.05) is 31.0 Å². The van der Waals surface area contributed by atoms with Gasteiger partial charge in [0.25, 0.3) is 5.56 Å². The summed E-state index contributed by atoms with van der Waals surface area (Å²) < 4.78 is 7.34. The van der Waals surface area contributed by atoms with Crippen LogP contribution in [-0.4, -0.2) is 49.2 Å². The number of aromatic nitrogens is 4. The van der Waals surface area contributed by atoms with Gasteiger partial charge in [-0.2, -0.15) is 10.2 Å². The fourth-order valence-electron chi connectivity index (χ4n) is 5.88. The molecule has 40 heavy (non-hydrogen) atoms. The van der Waals surface area contributed by atoms with Gasteiger partial charge in [-0.05, 0) is 58.6 Å². The molecular formula is C28H31ClN8O3. The maximum Gasteiger partial charge on any atom is 0.410 e. The number of hydrogen-bond acceptors (Lipinski definition) is 9. The van der Waals surface area contributed by atoms with Gasteiger partial charge in [-0.25, -0.2) is 14.8 Å². The first-order chi connectivity index (χ1) is 19.0. The van der Waals surface area contributed by atoms with Gasteiger partial charge >= 0.3 is 6.09 Å². The molecule has 12 heteroatoms. The summed E-state index contributed by atoms with van der Waals surface area (Å²) in [5, 5.41) is 13.9. The fourth-order valence-corrected chi connectivity index (χ4v) is 6.13. The topological polar surface area (TPSA) is 152 Å². The number of nitrogens with two attached hydrogens (primary N) is 1. The highest BCUT2D eigenvalue weighted by molar-refractivity contribution is 6.35. The van der Waals surface area contributed by atoms with Gasteiger partial charge in [-0.1, -0.05) is 17.7 Å². The van der Waals surface area contributed by atoms with Crippen LogP contribution in [0.5, 0.6) is 0 Å². The van der Waals surface area contributed by atoms with Crippen LogP contribution in [0.3, 0.4) is 0 Å². The molecule has 0 spiro atoms. The molecule has 2 saturated carbocycles. The van der Waals surface area contributed by atoms with E-state index in [9.17, 15) is 14.9 Å². The Morgan fingerprint density at radius 2 is 1.93 bits per heavy atom. The van der Waals surface area contributed by atoms with Crippen LogP contribution in [0.25, 0.3) is 10.9 Å². The SMILES string of the molecule is Cc1nc(N)nc(N[C@H](c2nc3cccc(Cl)c3c(=O)n2C2C3CN(C(=O)OC(C)(C)C)CC32)C2CC2)c1C#N. The first kappa shape index (κ1) is 26.3. The van der Waals surface area contributed by atoms with E-state index in [4.69, 9.17) is 27.1 Å². The number of nitrogens with one attached hydrogen (secondary N) is 1. The quantitative estimate of drug-likeness (QED) is 0.465. The number of halogens is 1. The minimum Gasteiger partial charge on any atom is -0.444 e. The molecule has 3 N–H and O–H groups in total. The number of likely N-dealkylation sites (tertiary alicyclic amines) is 1. The second-order valence-electron chi connectivity index (χ2n) is 11.9. The molecule has 6 rings (SSSR count). The Morgan fingerprint density at radius 3 is 2.55 bits per heavy atom. The Kier molecular flexibility index (Phi) is 6.14. The van der Waals surface area contributed by atoms with Crippen LogP contribution in [0.2, 0.25) is 5.02 Å². The molecule has 2 aromatic heterocycles. The van der Waals surface area contributed by atoms with Crippen molar-refractivity contribution in [2.75, 3.05) is 24.1 Å². The molecule has 208 valence electrons. The van der Waals surface area contributed by atoms with Crippen molar-refractivity contribution in [1.82, 2.24) is 24.4 Å². The van der Waals surface area contributed by atoms with Crippen molar-refractivity contribution >= 4 is 40.4 Å². The van der Waals surface area contributed by atoms with Crippen LogP contribution in [0, 0.1) is 36.0 Å². The Balaban J connectivity index is 1.41. The number of rotatable bonds is 5. The number of nitriles is 1. The molecular weight excluding hydrogens is 532 g/mol. The average molecular weight is 563 g/mol. The van der Waals surface area contributed by atoms with Crippen molar-refractivity contribution in [3.05, 3.63) is 50.7 Å². The molecule has 1 saturated heterocycles. The van der Waals surface area contributed by atoms with Crippen molar-refractivity contribution < 1.29 is 9.53 Å². The molecule has 2 aliphatic carbocycles. The molecule has 0 radical (unpaired) electrons. The lowest BCUT2D eigenvalue weighted by Gasteiger charge is -2.27. The Hall–Kier alpha value is -3.91. The van der Waals surface area contributed by atoms with Crippen molar-refractivity contribution in [1.29, 1.82) is 5.26 Å². The minimum atomic E-state index is -0.583. The number of ether oxygens (including phenoxy) is 1. The Labute approximate surface area is 236 Å². The molecule has 3 fully saturated rings. The molecule has 1 aromatic carbocycles. The summed E-state index contributed by atoms with van der Waals surface area (Å²) in [4.78, 5) is 42.0. The molecule has 1 amide bonds. The summed E-state index contributed by atoms with van der Waals surface area (Å²) >= 11 is 6.51. The molecule has 3 atom stereocenters. The molecule has 1 aliphatic heterocycles. The summed E-state index contributed by atoms with van der Waals surface area (Å²) in [6.45, 7) is 8.24. The van der Waals surface area contributed by atoms with E-state index in [0.29, 0.717) is 51.9 Å². The molecule has 3 aliphatic rings. The minimum absolute atomic E-state index is 0.0585. The third kappa shape index (κ3) is 4.60. The number of anilines is 2. The van der Waals surface area contributed by atoms with Crippen LogP contribution in [0.15, 0.2) is 23.0 Å². The lowest BCUT2D eigenvalue weighted by Crippen LogP contribution is -2.38. The van der Waals surface area contributed by atoms with Gasteiger partial charge in [-0.3, -0.25) is 9.36 Å². The van der Waals surface area contributed by atoms with Crippen LogP contribution in [0.4, 0.5) is 16.6 Å². The highest BCUT2D eigenvalue weighted by Gasteiger charge is 2.60. The van der Waals surface area contributed by atoms with Gasteiger partial charge in [0.2, 0.25) is 5.95 Å². The fraction of sp³-hybridized carbons (Fsp3) is 0.500. The summed E-state index contributed by atoms with van der Waals surface area (Å²) in [5.74, 6) is 1.33. The second-order valence-corrected chi connectivity index (χ2v) is 12.4. The van der Waals surface area contributed by atoms with Gasteiger partial charge in [0.05, 0.1) is 27.7 Å². The van der Waals surface area contributed by atoms with Gasteiger partial charge in [0.1, 0.15) is 28.9 Å². The zero-order valence-electron chi connectivity index (χ0n) is 22.8. The number of benzene rings is 1. The number of nitrogen functional groups attached to an aromatic ring is 1. The van der Waals surface area contributed by atoms with Crippen molar-refractivity contribution in [3.63, 3.8) is 0 Å². The van der Waals surface area contributed by atoms with E-state index in [2.05, 4.69) is 21.4 Å². The Morgan fingerprint density at radius 1 is 1.23 bits per heavy atom. The van der Waals surface area contributed by atoms with E-state index in [1.165, 1.54) is 0 Å². The average Bonchev–Trinajstić information content (AvgIpc) is 3.77. The first-order valence-electron chi connectivity index (χ1n) is 13.5. The molecule has 3 heterocycles. The number of fused-ring (bicyclic) bond motifs is 2. The van der Waals surface area contributed by atoms with Gasteiger partial charge < -0.3 is 20.7 Å². The standard InChI is InChI=1S/C28H31ClN8O3/c1-13-15(10-30)23(35-26(31)32-13)34-21(14-8-9-14)24-33-19-7-5-6-18(29)20(19)25(38)37(24)22-16-11-36(12-17(16)22)27(39)40-28(2,3)4/h5-7,14,16-17,21-22H,8-9,11-12H2,1-4H3,(H3,31,32,34,35)/t16?,17?,21-,22?/m0/s1. The van der Waals surface area contributed by atoms with Crippen LogP contribution in [0.1, 0.15) is 62.8 Å². The molecule has 11 nitrogen and oxygen atoms in total. The zero-order valence-corrected chi connectivity index (χ0v) is 23.6. The maximum atomic E-state index is 14.1. The maximum absolute atomic E-state index is 14.1. The van der Waals surface area contributed by atoms with E-state index in [-0.39, 0.29) is 47.4 Å². The first-order valence-corrected chi connectivity index (χ1v) is 13.8. The van der Waals surface area contributed by atoms with Gasteiger partial charge in [0.15, 0.2) is 0 Å². The van der Waals surface area contributed by atoms with E-state index in [1.807, 2.05) is 20.8 Å². The zero-order chi connectivity index (χ0) is 28.5. The normalized spacial score (nSPS) is 22.5. The summed E-state index contributed by atoms with van der Waals surface area (Å²) in [5.41, 5.74) is 6.42. The second kappa shape index (κ2) is 9.34. The number of carbonyl (C=O) groups excluding carboxylic acids is 1. The number of hydrogen-bond donors (Lipinski definition) is 2. The van der Waals surface area contributed by atoms with Crippen LogP contribution < -0.4 is 16.6 Å². The number of aryl methyl sites for hydroxylation is 1. The molecule has 3 aromatic rings. The lowest BCUT2D eigenvalue weighted by atomic mass is 10.1. The summed E-state index contributed by atoms with van der Waals surface area (Å²) in [6, 6.07) is 6.90. The number of carbonyl (C=O) groups is 1. The third-order valence-corrected chi connectivity index (χ3v) is 8.20. The number of nitrogens with zero attached hydrogens (tertiary/aromatic N) is 6. The highest BCUT2D eigenvalue weighted by Crippen LogP contribution is 2.56.